The van der Waals surface area contributed by atoms with Gasteiger partial charge in [0.05, 0.1) is 6.54 Å². The van der Waals surface area contributed by atoms with Crippen LogP contribution in [0.5, 0.6) is 5.75 Å². The minimum Gasteiger partial charge on any atom is -0.508 e. The number of halogens is 1. The van der Waals surface area contributed by atoms with E-state index in [2.05, 4.69) is 0 Å². The molecule has 0 spiro atoms. The third-order valence-electron chi connectivity index (χ3n) is 3.26. The summed E-state index contributed by atoms with van der Waals surface area (Å²) in [6.07, 6.45) is -0.257. The summed E-state index contributed by atoms with van der Waals surface area (Å²) in [4.78, 5) is 13.3. The molecule has 1 unspecified atom stereocenters. The van der Waals surface area contributed by atoms with Gasteiger partial charge in [-0.25, -0.2) is 9.18 Å². The molecule has 0 radical (unpaired) electrons. The molecule has 0 saturated carbocycles. The summed E-state index contributed by atoms with van der Waals surface area (Å²) in [6, 6.07) is 6.00. The van der Waals surface area contributed by atoms with Gasteiger partial charge in [-0.3, -0.25) is 0 Å². The van der Waals surface area contributed by atoms with Crippen LogP contribution >= 0.6 is 0 Å². The molecule has 0 aromatic heterocycles. The molecule has 1 aliphatic heterocycles. The number of aromatic hydroxyl groups is 1. The highest BCUT2D eigenvalue weighted by atomic mass is 19.1. The number of benzene rings is 1. The molecule has 2 rings (SSSR count). The summed E-state index contributed by atoms with van der Waals surface area (Å²) in [6.45, 7) is 5.65. The fourth-order valence-electron chi connectivity index (χ4n) is 2.25. The van der Waals surface area contributed by atoms with E-state index in [4.69, 9.17) is 4.74 Å². The van der Waals surface area contributed by atoms with Gasteiger partial charge in [0, 0.05) is 13.0 Å². The summed E-state index contributed by atoms with van der Waals surface area (Å²) >= 11 is 0. The number of hydrogen-bond acceptors (Lipinski definition) is 3. The number of phenolic OH excluding ortho intramolecular Hbond substituents is 1. The number of rotatable bonds is 1. The van der Waals surface area contributed by atoms with E-state index in [0.29, 0.717) is 12.1 Å². The van der Waals surface area contributed by atoms with Crippen molar-refractivity contribution < 1.29 is 19.0 Å². The Balaban J connectivity index is 2.07. The first-order valence-electron chi connectivity index (χ1n) is 6.66. The van der Waals surface area contributed by atoms with E-state index in [1.165, 1.54) is 17.0 Å². The third kappa shape index (κ3) is 3.21. The van der Waals surface area contributed by atoms with Crippen molar-refractivity contribution in [1.29, 1.82) is 0 Å². The minimum absolute atomic E-state index is 0.0211. The lowest BCUT2D eigenvalue weighted by Crippen LogP contribution is -2.37. The summed E-state index contributed by atoms with van der Waals surface area (Å²) in [5.74, 6) is 0.0966. The average molecular weight is 281 g/mol. The van der Waals surface area contributed by atoms with Gasteiger partial charge in [0.15, 0.2) is 5.67 Å². The second kappa shape index (κ2) is 4.96. The number of nitrogens with zero attached hydrogens (tertiary/aromatic N) is 1. The second-order valence-electron chi connectivity index (χ2n) is 6.16. The smallest absolute Gasteiger partial charge is 0.410 e. The Bertz CT molecular complexity index is 495. The minimum atomic E-state index is -1.58. The van der Waals surface area contributed by atoms with E-state index in [0.717, 1.165) is 0 Å². The van der Waals surface area contributed by atoms with Crippen LogP contribution in [-0.4, -0.2) is 34.8 Å². The largest absolute Gasteiger partial charge is 0.508 e. The molecule has 1 atom stereocenters. The first kappa shape index (κ1) is 14.6. The lowest BCUT2D eigenvalue weighted by molar-refractivity contribution is 0.0257. The van der Waals surface area contributed by atoms with Crippen molar-refractivity contribution >= 4 is 6.09 Å². The molecule has 0 aliphatic carbocycles. The molecule has 110 valence electrons. The van der Waals surface area contributed by atoms with Gasteiger partial charge in [-0.15, -0.1) is 0 Å². The lowest BCUT2D eigenvalue weighted by Gasteiger charge is -2.25. The van der Waals surface area contributed by atoms with Gasteiger partial charge >= 0.3 is 6.09 Å². The predicted octanol–water partition coefficient (Wildman–Crippen LogP) is 3.20. The summed E-state index contributed by atoms with van der Waals surface area (Å²) in [7, 11) is 0. The monoisotopic (exact) mass is 281 g/mol. The molecular formula is C15H20FNO3. The first-order valence-corrected chi connectivity index (χ1v) is 6.66. The quantitative estimate of drug-likeness (QED) is 0.860. The number of carbonyl (C=O) groups is 1. The highest BCUT2D eigenvalue weighted by Gasteiger charge is 2.42. The summed E-state index contributed by atoms with van der Waals surface area (Å²) in [5, 5.41) is 9.24. The number of carbonyl (C=O) groups excluding carboxylic acids is 1. The van der Waals surface area contributed by atoms with E-state index in [1.807, 2.05) is 0 Å². The molecule has 1 amide bonds. The van der Waals surface area contributed by atoms with Crippen LogP contribution in [0.25, 0.3) is 0 Å². The van der Waals surface area contributed by atoms with Gasteiger partial charge in [0.1, 0.15) is 11.4 Å². The predicted molar refractivity (Wildman–Crippen MR) is 73.3 cm³/mol. The maximum Gasteiger partial charge on any atom is 0.410 e. The maximum atomic E-state index is 14.9. The van der Waals surface area contributed by atoms with Gasteiger partial charge in [0.2, 0.25) is 0 Å². The first-order chi connectivity index (χ1) is 9.20. The molecule has 5 heteroatoms. The van der Waals surface area contributed by atoms with Crippen LogP contribution in [0.2, 0.25) is 0 Å². The second-order valence-corrected chi connectivity index (χ2v) is 6.16. The molecule has 0 bridgehead atoms. The van der Waals surface area contributed by atoms with Crippen molar-refractivity contribution in [3.05, 3.63) is 29.8 Å². The lowest BCUT2D eigenvalue weighted by atomic mass is 9.95. The van der Waals surface area contributed by atoms with Crippen LogP contribution in [0.4, 0.5) is 9.18 Å². The molecule has 1 fully saturated rings. The Morgan fingerprint density at radius 3 is 2.50 bits per heavy atom. The standard InChI is InChI=1S/C15H20FNO3/c1-14(2,3)20-13(19)17-9-8-15(16,10-17)11-4-6-12(18)7-5-11/h4-7,18H,8-10H2,1-3H3. The van der Waals surface area contributed by atoms with Crippen molar-refractivity contribution in [2.24, 2.45) is 0 Å². The normalized spacial score (nSPS) is 22.9. The number of ether oxygens (including phenoxy) is 1. The van der Waals surface area contributed by atoms with E-state index in [9.17, 15) is 14.3 Å². The van der Waals surface area contributed by atoms with Crippen molar-refractivity contribution in [2.75, 3.05) is 13.1 Å². The van der Waals surface area contributed by atoms with E-state index >= 15 is 0 Å². The van der Waals surface area contributed by atoms with E-state index in [-0.39, 0.29) is 18.7 Å². The zero-order chi connectivity index (χ0) is 15.0. The van der Waals surface area contributed by atoms with Gasteiger partial charge in [0.25, 0.3) is 0 Å². The fraction of sp³-hybridized carbons (Fsp3) is 0.533. The molecule has 4 nitrogen and oxygen atoms in total. The Hall–Kier alpha value is -1.78. The number of amides is 1. The summed E-state index contributed by atoms with van der Waals surface area (Å²) in [5.41, 5.74) is -1.69. The molecule has 1 N–H and O–H groups in total. The van der Waals surface area contributed by atoms with E-state index < -0.39 is 17.4 Å². The topological polar surface area (TPSA) is 49.8 Å². The number of phenols is 1. The van der Waals surface area contributed by atoms with E-state index in [1.54, 1.807) is 32.9 Å². The van der Waals surface area contributed by atoms with Gasteiger partial charge in [-0.2, -0.15) is 0 Å². The third-order valence-corrected chi connectivity index (χ3v) is 3.26. The SMILES string of the molecule is CC(C)(C)OC(=O)N1CCC(F)(c2ccc(O)cc2)C1. The Kier molecular flexibility index (Phi) is 3.63. The number of hydrogen-bond donors (Lipinski definition) is 1. The number of likely N-dealkylation sites (tertiary alicyclic amines) is 1. The fourth-order valence-corrected chi connectivity index (χ4v) is 2.25. The zero-order valence-electron chi connectivity index (χ0n) is 12.0. The highest BCUT2D eigenvalue weighted by molar-refractivity contribution is 5.68. The Morgan fingerprint density at radius 2 is 1.95 bits per heavy atom. The molecule has 1 aromatic rings. The Morgan fingerprint density at radius 1 is 1.35 bits per heavy atom. The van der Waals surface area contributed by atoms with Crippen LogP contribution in [0.1, 0.15) is 32.8 Å². The van der Waals surface area contributed by atoms with Crippen LogP contribution in [0.15, 0.2) is 24.3 Å². The zero-order valence-corrected chi connectivity index (χ0v) is 12.0. The summed E-state index contributed by atoms with van der Waals surface area (Å²) < 4.78 is 20.1. The van der Waals surface area contributed by atoms with Gasteiger partial charge in [-0.1, -0.05) is 12.1 Å². The Labute approximate surface area is 118 Å². The molecule has 1 saturated heterocycles. The molecule has 1 aromatic carbocycles. The molecule has 1 aliphatic rings. The van der Waals surface area contributed by atoms with Crippen molar-refractivity contribution in [3.63, 3.8) is 0 Å². The van der Waals surface area contributed by atoms with Gasteiger partial charge in [-0.05, 0) is 38.5 Å². The van der Waals surface area contributed by atoms with Crippen LogP contribution in [0.3, 0.4) is 0 Å². The van der Waals surface area contributed by atoms with Crippen LogP contribution in [-0.2, 0) is 10.4 Å². The van der Waals surface area contributed by atoms with Crippen molar-refractivity contribution in [1.82, 2.24) is 4.90 Å². The average Bonchev–Trinajstić information content (AvgIpc) is 2.72. The molecular weight excluding hydrogens is 261 g/mol. The van der Waals surface area contributed by atoms with Crippen molar-refractivity contribution in [3.8, 4) is 5.75 Å². The molecule has 20 heavy (non-hydrogen) atoms. The highest BCUT2D eigenvalue weighted by Crippen LogP contribution is 2.37. The van der Waals surface area contributed by atoms with Gasteiger partial charge < -0.3 is 14.7 Å². The van der Waals surface area contributed by atoms with Crippen LogP contribution in [0, 0.1) is 0 Å². The van der Waals surface area contributed by atoms with Crippen LogP contribution < -0.4 is 0 Å². The molecule has 1 heterocycles. The maximum absolute atomic E-state index is 14.9. The van der Waals surface area contributed by atoms with Crippen molar-refractivity contribution in [2.45, 2.75) is 38.5 Å². The number of alkyl halides is 1.